The monoisotopic (exact) mass is 465 g/mol. The molecule has 27 heavy (non-hydrogen) atoms. The number of carbonyl (C=O) groups is 1. The second-order valence-electron chi connectivity index (χ2n) is 6.49. The zero-order chi connectivity index (χ0) is 19.6. The SMILES string of the molecule is CCN(CC)CCN(C(=O)c1ccc(Br)s1)c1nc2cc(C)c(C)cc2s1. The van der Waals surface area contributed by atoms with Crippen molar-refractivity contribution >= 4 is 59.9 Å². The number of likely N-dealkylation sites (N-methyl/N-ethyl adjacent to an activating group) is 1. The van der Waals surface area contributed by atoms with Crippen LogP contribution in [0.2, 0.25) is 0 Å². The highest BCUT2D eigenvalue weighted by atomic mass is 79.9. The van der Waals surface area contributed by atoms with Crippen molar-refractivity contribution in [2.45, 2.75) is 27.7 Å². The Balaban J connectivity index is 1.96. The normalized spacial score (nSPS) is 11.5. The van der Waals surface area contributed by atoms with E-state index in [1.54, 1.807) is 11.3 Å². The fourth-order valence-electron chi connectivity index (χ4n) is 2.91. The van der Waals surface area contributed by atoms with Crippen molar-refractivity contribution in [1.82, 2.24) is 9.88 Å². The summed E-state index contributed by atoms with van der Waals surface area (Å²) in [5, 5.41) is 0.775. The lowest BCUT2D eigenvalue weighted by atomic mass is 10.1. The van der Waals surface area contributed by atoms with Crippen molar-refractivity contribution in [3.8, 4) is 0 Å². The van der Waals surface area contributed by atoms with Crippen molar-refractivity contribution in [2.24, 2.45) is 0 Å². The molecule has 0 saturated heterocycles. The quantitative estimate of drug-likeness (QED) is 0.447. The van der Waals surface area contributed by atoms with Crippen molar-refractivity contribution in [1.29, 1.82) is 0 Å². The Labute approximate surface area is 177 Å². The third kappa shape index (κ3) is 4.59. The molecule has 0 radical (unpaired) electrons. The van der Waals surface area contributed by atoms with Gasteiger partial charge in [0.25, 0.3) is 5.91 Å². The number of hydrogen-bond donors (Lipinski definition) is 0. The first-order chi connectivity index (χ1) is 12.9. The van der Waals surface area contributed by atoms with E-state index in [-0.39, 0.29) is 5.91 Å². The molecule has 4 nitrogen and oxygen atoms in total. The molecule has 0 bridgehead atoms. The smallest absolute Gasteiger partial charge is 0.270 e. The summed E-state index contributed by atoms with van der Waals surface area (Å²) in [5.74, 6) is 0.0188. The number of benzene rings is 1. The Bertz CT molecular complexity index is 907. The second kappa shape index (κ2) is 8.82. The molecule has 3 rings (SSSR count). The Morgan fingerprint density at radius 2 is 1.78 bits per heavy atom. The Hall–Kier alpha value is -1.28. The maximum absolute atomic E-state index is 13.2. The number of anilines is 1. The molecule has 0 unspecified atom stereocenters. The summed E-state index contributed by atoms with van der Waals surface area (Å²) in [6, 6.07) is 8.08. The molecule has 0 aliphatic rings. The van der Waals surface area contributed by atoms with Gasteiger partial charge >= 0.3 is 0 Å². The fraction of sp³-hybridized carbons (Fsp3) is 0.400. The van der Waals surface area contributed by atoms with Crippen LogP contribution in [0, 0.1) is 13.8 Å². The third-order valence-electron chi connectivity index (χ3n) is 4.79. The third-order valence-corrected chi connectivity index (χ3v) is 7.44. The lowest BCUT2D eigenvalue weighted by Gasteiger charge is -2.24. The minimum Gasteiger partial charge on any atom is -0.302 e. The van der Waals surface area contributed by atoms with Gasteiger partial charge in [0.05, 0.1) is 18.9 Å². The van der Waals surface area contributed by atoms with Gasteiger partial charge in [0.1, 0.15) is 0 Å². The van der Waals surface area contributed by atoms with Gasteiger partial charge in [-0.25, -0.2) is 4.98 Å². The Morgan fingerprint density at radius 3 is 2.41 bits per heavy atom. The van der Waals surface area contributed by atoms with Crippen LogP contribution < -0.4 is 4.90 Å². The van der Waals surface area contributed by atoms with Gasteiger partial charge in [-0.05, 0) is 78.3 Å². The molecule has 2 aromatic heterocycles. The highest BCUT2D eigenvalue weighted by Crippen LogP contribution is 2.32. The van der Waals surface area contributed by atoms with E-state index in [0.29, 0.717) is 6.54 Å². The minimum absolute atomic E-state index is 0.0188. The van der Waals surface area contributed by atoms with Gasteiger partial charge in [0.2, 0.25) is 0 Å². The van der Waals surface area contributed by atoms with Crippen LogP contribution in [0.1, 0.15) is 34.6 Å². The summed E-state index contributed by atoms with van der Waals surface area (Å²) in [5.41, 5.74) is 3.44. The summed E-state index contributed by atoms with van der Waals surface area (Å²) >= 11 is 6.52. The molecule has 0 aliphatic heterocycles. The fourth-order valence-corrected chi connectivity index (χ4v) is 5.32. The van der Waals surface area contributed by atoms with E-state index in [4.69, 9.17) is 4.98 Å². The van der Waals surface area contributed by atoms with Crippen LogP contribution in [0.5, 0.6) is 0 Å². The van der Waals surface area contributed by atoms with Gasteiger partial charge < -0.3 is 4.90 Å². The van der Waals surface area contributed by atoms with Crippen LogP contribution in [0.25, 0.3) is 10.2 Å². The first-order valence-corrected chi connectivity index (χ1v) is 11.5. The molecule has 1 aromatic carbocycles. The average molecular weight is 466 g/mol. The van der Waals surface area contributed by atoms with Crippen molar-refractivity contribution in [3.63, 3.8) is 0 Å². The summed E-state index contributed by atoms with van der Waals surface area (Å²) in [4.78, 5) is 22.9. The predicted molar refractivity (Wildman–Crippen MR) is 121 cm³/mol. The molecule has 0 spiro atoms. The maximum atomic E-state index is 13.2. The summed E-state index contributed by atoms with van der Waals surface area (Å²) in [6.07, 6.45) is 0. The average Bonchev–Trinajstić information content (AvgIpc) is 3.25. The summed E-state index contributed by atoms with van der Waals surface area (Å²) in [7, 11) is 0. The molecule has 0 aliphatic carbocycles. The van der Waals surface area contributed by atoms with E-state index in [0.717, 1.165) is 43.6 Å². The van der Waals surface area contributed by atoms with Crippen LogP contribution in [0.4, 0.5) is 5.13 Å². The summed E-state index contributed by atoms with van der Waals surface area (Å²) in [6.45, 7) is 11.9. The molecule has 1 amide bonds. The molecular formula is C20H24BrN3OS2. The Kier molecular flexibility index (Phi) is 6.68. The molecule has 3 aromatic rings. The standard InChI is InChI=1S/C20H24BrN3OS2/c1-5-23(6-2)9-10-24(19(25)16-7-8-18(21)26-16)20-22-15-11-13(3)14(4)12-17(15)27-20/h7-8,11-12H,5-6,9-10H2,1-4H3. The van der Waals surface area contributed by atoms with Crippen LogP contribution in [-0.2, 0) is 0 Å². The molecule has 0 N–H and O–H groups in total. The zero-order valence-electron chi connectivity index (χ0n) is 16.1. The molecule has 2 heterocycles. The highest BCUT2D eigenvalue weighted by molar-refractivity contribution is 9.11. The number of thiazole rings is 1. The van der Waals surface area contributed by atoms with Crippen LogP contribution in [0.3, 0.4) is 0 Å². The second-order valence-corrected chi connectivity index (χ2v) is 9.96. The number of nitrogens with zero attached hydrogens (tertiary/aromatic N) is 3. The van der Waals surface area contributed by atoms with Crippen molar-refractivity contribution < 1.29 is 4.79 Å². The lowest BCUT2D eigenvalue weighted by molar-refractivity contribution is 0.0987. The molecule has 0 fully saturated rings. The number of halogens is 1. The minimum atomic E-state index is 0.0188. The number of thiophene rings is 1. The van der Waals surface area contributed by atoms with Gasteiger partial charge in [-0.2, -0.15) is 0 Å². The van der Waals surface area contributed by atoms with Gasteiger partial charge in [0, 0.05) is 13.1 Å². The van der Waals surface area contributed by atoms with E-state index in [9.17, 15) is 4.79 Å². The van der Waals surface area contributed by atoms with Crippen LogP contribution in [0.15, 0.2) is 28.1 Å². The first kappa shape index (κ1) is 20.5. The van der Waals surface area contributed by atoms with Crippen molar-refractivity contribution in [2.75, 3.05) is 31.1 Å². The van der Waals surface area contributed by atoms with Gasteiger partial charge in [-0.1, -0.05) is 25.2 Å². The lowest BCUT2D eigenvalue weighted by Crippen LogP contribution is -2.38. The highest BCUT2D eigenvalue weighted by Gasteiger charge is 2.23. The Morgan fingerprint density at radius 1 is 1.07 bits per heavy atom. The number of carbonyl (C=O) groups excluding carboxylic acids is 1. The van der Waals surface area contributed by atoms with E-state index >= 15 is 0 Å². The van der Waals surface area contributed by atoms with Crippen LogP contribution in [-0.4, -0.2) is 42.0 Å². The first-order valence-electron chi connectivity index (χ1n) is 9.10. The zero-order valence-corrected chi connectivity index (χ0v) is 19.3. The number of fused-ring (bicyclic) bond motifs is 1. The topological polar surface area (TPSA) is 36.4 Å². The molecule has 144 valence electrons. The van der Waals surface area contributed by atoms with Gasteiger partial charge in [-0.15, -0.1) is 11.3 Å². The number of hydrogen-bond acceptors (Lipinski definition) is 5. The molecule has 0 saturated carbocycles. The summed E-state index contributed by atoms with van der Waals surface area (Å²) < 4.78 is 2.09. The largest absolute Gasteiger partial charge is 0.302 e. The van der Waals surface area contributed by atoms with E-state index in [1.165, 1.54) is 22.5 Å². The molecular weight excluding hydrogens is 442 g/mol. The van der Waals surface area contributed by atoms with E-state index in [2.05, 4.69) is 60.7 Å². The number of rotatable bonds is 7. The van der Waals surface area contributed by atoms with Crippen LogP contribution >= 0.6 is 38.6 Å². The van der Waals surface area contributed by atoms with Crippen molar-refractivity contribution in [3.05, 3.63) is 44.1 Å². The number of aryl methyl sites for hydroxylation is 2. The number of aromatic nitrogens is 1. The molecule has 0 atom stereocenters. The van der Waals surface area contributed by atoms with E-state index in [1.807, 2.05) is 17.0 Å². The number of amides is 1. The molecule has 7 heteroatoms. The maximum Gasteiger partial charge on any atom is 0.270 e. The van der Waals surface area contributed by atoms with E-state index < -0.39 is 0 Å². The van der Waals surface area contributed by atoms with Gasteiger partial charge in [0.15, 0.2) is 5.13 Å². The predicted octanol–water partition coefficient (Wildman–Crippen LogP) is 5.73. The van der Waals surface area contributed by atoms with Gasteiger partial charge in [-0.3, -0.25) is 9.69 Å².